The molecular weight excluding hydrogens is 156 g/mol. The Balaban J connectivity index is 2.30. The molecule has 1 aromatic heterocycles. The van der Waals surface area contributed by atoms with Crippen LogP contribution in [-0.2, 0) is 7.05 Å². The zero-order valence-corrected chi connectivity index (χ0v) is 6.80. The number of nitrogens with zero attached hydrogens (tertiary/aromatic N) is 4. The minimum atomic E-state index is 0.474. The largest absolute Gasteiger partial charge is 0.411 e. The van der Waals surface area contributed by atoms with Gasteiger partial charge < -0.3 is 5.21 Å². The van der Waals surface area contributed by atoms with E-state index in [0.717, 1.165) is 5.82 Å². The Labute approximate surface area is 69.7 Å². The van der Waals surface area contributed by atoms with Gasteiger partial charge in [-0.15, -0.1) is 5.10 Å². The average Bonchev–Trinajstić information content (AvgIpc) is 2.79. The van der Waals surface area contributed by atoms with Crippen LogP contribution >= 0.6 is 0 Å². The van der Waals surface area contributed by atoms with Crippen molar-refractivity contribution < 1.29 is 5.21 Å². The third kappa shape index (κ3) is 1.17. The Morgan fingerprint density at radius 1 is 1.67 bits per heavy atom. The van der Waals surface area contributed by atoms with Crippen LogP contribution < -0.4 is 0 Å². The van der Waals surface area contributed by atoms with E-state index in [1.807, 2.05) is 7.05 Å². The molecule has 0 bridgehead atoms. The molecule has 5 nitrogen and oxygen atoms in total. The second-order valence-corrected chi connectivity index (χ2v) is 2.97. The van der Waals surface area contributed by atoms with E-state index in [1.54, 1.807) is 4.68 Å². The Bertz CT molecular complexity index is 313. The van der Waals surface area contributed by atoms with Crippen molar-refractivity contribution in [1.29, 1.82) is 0 Å². The fraction of sp³-hybridized carbons (Fsp3) is 0.571. The molecule has 0 spiro atoms. The minimum Gasteiger partial charge on any atom is -0.411 e. The summed E-state index contributed by atoms with van der Waals surface area (Å²) in [6, 6.07) is 0. The van der Waals surface area contributed by atoms with Gasteiger partial charge in [0.2, 0.25) is 0 Å². The molecule has 0 aliphatic heterocycles. The third-order valence-corrected chi connectivity index (χ3v) is 1.93. The van der Waals surface area contributed by atoms with E-state index in [9.17, 15) is 0 Å². The molecule has 5 heteroatoms. The molecule has 0 aromatic carbocycles. The summed E-state index contributed by atoms with van der Waals surface area (Å²) in [5.74, 6) is 2.04. The summed E-state index contributed by atoms with van der Waals surface area (Å²) in [4.78, 5) is 4.20. The van der Waals surface area contributed by atoms with Gasteiger partial charge in [-0.3, -0.25) is 4.68 Å². The van der Waals surface area contributed by atoms with E-state index in [1.165, 1.54) is 19.1 Å². The zero-order chi connectivity index (χ0) is 8.55. The molecule has 0 radical (unpaired) electrons. The first-order valence-electron chi connectivity index (χ1n) is 3.89. The maximum Gasteiger partial charge on any atom is 0.195 e. The van der Waals surface area contributed by atoms with Crippen molar-refractivity contribution in [2.24, 2.45) is 12.2 Å². The standard InChI is InChI=1S/C7H10N4O/c1-11-7(5-2-3-5)9-6(10-11)4-8-12/h4-5,12H,2-3H2,1H3/b8-4+. The summed E-state index contributed by atoms with van der Waals surface area (Å²) in [5.41, 5.74) is 0. The Kier molecular flexibility index (Phi) is 1.56. The third-order valence-electron chi connectivity index (χ3n) is 1.93. The summed E-state index contributed by atoms with van der Waals surface area (Å²) < 4.78 is 1.74. The maximum atomic E-state index is 8.25. The van der Waals surface area contributed by atoms with Gasteiger partial charge in [0, 0.05) is 13.0 Å². The molecule has 1 aromatic rings. The molecule has 1 N–H and O–H groups in total. The summed E-state index contributed by atoms with van der Waals surface area (Å²) in [7, 11) is 1.86. The Morgan fingerprint density at radius 2 is 2.42 bits per heavy atom. The van der Waals surface area contributed by atoms with Gasteiger partial charge in [0.05, 0.1) is 0 Å². The van der Waals surface area contributed by atoms with E-state index in [4.69, 9.17) is 5.21 Å². The van der Waals surface area contributed by atoms with Crippen LogP contribution in [0.2, 0.25) is 0 Å². The molecule has 0 amide bonds. The van der Waals surface area contributed by atoms with Crippen LogP contribution in [0.4, 0.5) is 0 Å². The van der Waals surface area contributed by atoms with Crippen LogP contribution in [0, 0.1) is 0 Å². The molecule has 2 rings (SSSR count). The summed E-state index contributed by atoms with van der Waals surface area (Å²) in [6.07, 6.45) is 3.64. The van der Waals surface area contributed by atoms with E-state index < -0.39 is 0 Å². The first-order chi connectivity index (χ1) is 5.81. The number of hydrogen-bond donors (Lipinski definition) is 1. The van der Waals surface area contributed by atoms with Gasteiger partial charge in [0.1, 0.15) is 12.0 Å². The zero-order valence-electron chi connectivity index (χ0n) is 6.80. The van der Waals surface area contributed by atoms with Gasteiger partial charge in [-0.1, -0.05) is 5.16 Å². The predicted octanol–water partition coefficient (Wildman–Crippen LogP) is 0.501. The highest BCUT2D eigenvalue weighted by atomic mass is 16.4. The smallest absolute Gasteiger partial charge is 0.195 e. The van der Waals surface area contributed by atoms with E-state index in [0.29, 0.717) is 11.7 Å². The van der Waals surface area contributed by atoms with Gasteiger partial charge in [-0.25, -0.2) is 4.98 Å². The van der Waals surface area contributed by atoms with E-state index in [-0.39, 0.29) is 0 Å². The summed E-state index contributed by atoms with van der Waals surface area (Å²) in [6.45, 7) is 0. The minimum absolute atomic E-state index is 0.474. The van der Waals surface area contributed by atoms with Crippen LogP contribution in [0.25, 0.3) is 0 Å². The lowest BCUT2D eigenvalue weighted by Crippen LogP contribution is -1.96. The van der Waals surface area contributed by atoms with Gasteiger partial charge in [-0.2, -0.15) is 0 Å². The quantitative estimate of drug-likeness (QED) is 0.395. The number of hydrogen-bond acceptors (Lipinski definition) is 4. The number of aryl methyl sites for hydroxylation is 1. The van der Waals surface area contributed by atoms with E-state index >= 15 is 0 Å². The van der Waals surface area contributed by atoms with Crippen molar-refractivity contribution in [3.63, 3.8) is 0 Å². The van der Waals surface area contributed by atoms with Crippen molar-refractivity contribution in [1.82, 2.24) is 14.8 Å². The second-order valence-electron chi connectivity index (χ2n) is 2.97. The van der Waals surface area contributed by atoms with Crippen LogP contribution in [0.1, 0.15) is 30.4 Å². The lowest BCUT2D eigenvalue weighted by Gasteiger charge is -1.92. The van der Waals surface area contributed by atoms with E-state index in [2.05, 4.69) is 15.2 Å². The molecular formula is C7H10N4O. The summed E-state index contributed by atoms with van der Waals surface area (Å²) >= 11 is 0. The molecule has 1 saturated carbocycles. The fourth-order valence-corrected chi connectivity index (χ4v) is 1.22. The lowest BCUT2D eigenvalue weighted by molar-refractivity contribution is 0.321. The average molecular weight is 166 g/mol. The van der Waals surface area contributed by atoms with Gasteiger partial charge in [0.15, 0.2) is 5.82 Å². The van der Waals surface area contributed by atoms with Crippen molar-refractivity contribution in [3.05, 3.63) is 11.6 Å². The highest BCUT2D eigenvalue weighted by Gasteiger charge is 2.28. The highest BCUT2D eigenvalue weighted by molar-refractivity contribution is 5.73. The first kappa shape index (κ1) is 7.27. The predicted molar refractivity (Wildman–Crippen MR) is 42.4 cm³/mol. The molecule has 0 atom stereocenters. The van der Waals surface area contributed by atoms with Crippen molar-refractivity contribution in [2.45, 2.75) is 18.8 Å². The fourth-order valence-electron chi connectivity index (χ4n) is 1.22. The van der Waals surface area contributed by atoms with Crippen LogP contribution in [0.15, 0.2) is 5.16 Å². The molecule has 1 aliphatic carbocycles. The number of rotatable bonds is 2. The number of oxime groups is 1. The molecule has 0 saturated heterocycles. The summed E-state index contributed by atoms with van der Waals surface area (Å²) in [5, 5.41) is 15.2. The molecule has 12 heavy (non-hydrogen) atoms. The van der Waals surface area contributed by atoms with Crippen LogP contribution in [0.5, 0.6) is 0 Å². The van der Waals surface area contributed by atoms with Crippen LogP contribution in [-0.4, -0.2) is 26.2 Å². The Hall–Kier alpha value is -1.39. The Morgan fingerprint density at radius 3 is 3.00 bits per heavy atom. The topological polar surface area (TPSA) is 63.3 Å². The highest BCUT2D eigenvalue weighted by Crippen LogP contribution is 2.38. The second kappa shape index (κ2) is 2.58. The van der Waals surface area contributed by atoms with Gasteiger partial charge >= 0.3 is 0 Å². The van der Waals surface area contributed by atoms with Crippen molar-refractivity contribution in [2.75, 3.05) is 0 Å². The molecule has 64 valence electrons. The lowest BCUT2D eigenvalue weighted by atomic mass is 10.4. The van der Waals surface area contributed by atoms with Crippen LogP contribution in [0.3, 0.4) is 0 Å². The molecule has 1 aliphatic rings. The maximum absolute atomic E-state index is 8.25. The molecule has 1 fully saturated rings. The first-order valence-corrected chi connectivity index (χ1v) is 3.89. The number of aromatic nitrogens is 3. The molecule has 1 heterocycles. The monoisotopic (exact) mass is 166 g/mol. The SMILES string of the molecule is Cn1nc(/C=N/O)nc1C1CC1. The van der Waals surface area contributed by atoms with Gasteiger partial charge in [-0.05, 0) is 12.8 Å². The van der Waals surface area contributed by atoms with Crippen molar-refractivity contribution >= 4 is 6.21 Å². The van der Waals surface area contributed by atoms with Crippen molar-refractivity contribution in [3.8, 4) is 0 Å². The normalized spacial score (nSPS) is 17.4. The molecule has 0 unspecified atom stereocenters. The van der Waals surface area contributed by atoms with Gasteiger partial charge in [0.25, 0.3) is 0 Å².